The summed E-state index contributed by atoms with van der Waals surface area (Å²) < 4.78 is 50.6. The molecule has 76 heavy (non-hydrogen) atoms. The summed E-state index contributed by atoms with van der Waals surface area (Å²) in [6.07, 6.45) is -1.13. The van der Waals surface area contributed by atoms with Gasteiger partial charge in [0.05, 0.1) is 70.5 Å². The highest BCUT2D eigenvalue weighted by molar-refractivity contribution is 7.44. The van der Waals surface area contributed by atoms with E-state index in [1.165, 1.54) is 17.6 Å². The Bertz CT molecular complexity index is 3070. The number of imide groups is 1. The molecule has 1 saturated heterocycles. The monoisotopic (exact) mass is 1050 g/mol. The van der Waals surface area contributed by atoms with Crippen molar-refractivity contribution in [2.24, 2.45) is 0 Å². The van der Waals surface area contributed by atoms with Crippen LogP contribution >= 0.6 is 8.53 Å². The van der Waals surface area contributed by atoms with E-state index in [-0.39, 0.29) is 56.2 Å². The molecule has 0 saturated carbocycles. The lowest BCUT2D eigenvalue weighted by atomic mass is 9.80. The molecule has 2 aromatic heterocycles. The molecule has 392 valence electrons. The molecule has 5 atom stereocenters. The number of carbonyl (C=O) groups excluding carboxylic acids is 3. The van der Waals surface area contributed by atoms with Crippen LogP contribution in [0.5, 0.6) is 11.5 Å². The lowest BCUT2D eigenvalue weighted by Gasteiger charge is -2.39. The number of ether oxygens (including phenoxy) is 5. The highest BCUT2D eigenvalue weighted by atomic mass is 31.2. The summed E-state index contributed by atoms with van der Waals surface area (Å²) in [5.41, 5.74) is 2.69. The highest BCUT2D eigenvalue weighted by Crippen LogP contribution is 2.52. The first-order valence-electron chi connectivity index (χ1n) is 25.0. The quantitative estimate of drug-likeness (QED) is 0.0275. The van der Waals surface area contributed by atoms with Crippen LogP contribution in [0, 0.1) is 11.3 Å². The standard InChI is InChI=1S/C57H59N8O10P/c1-37(2)65(38(3)4)76(73-32-15-30-58)75-49-47(34-72-57(40-18-11-8-12-19-40,41-22-26-43(69-5)27-23-41)42-24-28-44(70-6)29-25-42)74-56(50(49)71-33-31-63-54(67)45-20-13-14-21-46(45)55(63)68)64-36-61-48-51(59-35-60-52(48)64)62-53(66)39-16-9-7-10-17-39/h7-14,16-29,35-38,47,49-50,56H,15,31-34H2,1-6H3,(H,59,60,62,66)/t47-,49-,50-,56-,76?/m1/s1. The minimum absolute atomic E-state index is 0.0776. The number of carbonyl (C=O) groups is 3. The Morgan fingerprint density at radius 1 is 0.763 bits per heavy atom. The molecule has 2 aliphatic heterocycles. The maximum absolute atomic E-state index is 13.7. The van der Waals surface area contributed by atoms with E-state index >= 15 is 0 Å². The zero-order chi connectivity index (χ0) is 53.3. The molecule has 1 unspecified atom stereocenters. The average Bonchev–Trinajstić information content (AvgIpc) is 4.14. The highest BCUT2D eigenvalue weighted by Gasteiger charge is 2.52. The number of methoxy groups -OCH3 is 2. The summed E-state index contributed by atoms with van der Waals surface area (Å²) in [6, 6.07) is 42.7. The molecule has 1 N–H and O–H groups in total. The molecule has 19 heteroatoms. The number of anilines is 1. The number of hydrogen-bond donors (Lipinski definition) is 1. The molecule has 4 heterocycles. The molecular formula is C57H59N8O10P. The number of amides is 3. The van der Waals surface area contributed by atoms with Crippen molar-refractivity contribution in [1.29, 1.82) is 5.26 Å². The van der Waals surface area contributed by atoms with E-state index in [1.807, 2.05) is 113 Å². The summed E-state index contributed by atoms with van der Waals surface area (Å²) in [7, 11) is 1.27. The van der Waals surface area contributed by atoms with Gasteiger partial charge in [0.25, 0.3) is 26.2 Å². The number of nitrogens with one attached hydrogen (secondary N) is 1. The molecule has 1 fully saturated rings. The van der Waals surface area contributed by atoms with Crippen LogP contribution in [-0.4, -0.2) is 118 Å². The fourth-order valence-corrected chi connectivity index (χ4v) is 11.4. The van der Waals surface area contributed by atoms with Gasteiger partial charge in [-0.2, -0.15) is 5.26 Å². The molecule has 0 bridgehead atoms. The minimum Gasteiger partial charge on any atom is -0.497 e. The number of rotatable bonds is 23. The molecule has 5 aromatic carbocycles. The van der Waals surface area contributed by atoms with Crippen LogP contribution < -0.4 is 14.8 Å². The van der Waals surface area contributed by atoms with E-state index < -0.39 is 56.4 Å². The normalized spacial score (nSPS) is 17.9. The van der Waals surface area contributed by atoms with Gasteiger partial charge < -0.3 is 38.0 Å². The Morgan fingerprint density at radius 3 is 1.92 bits per heavy atom. The number of fused-ring (bicyclic) bond motifs is 2. The zero-order valence-corrected chi connectivity index (χ0v) is 43.9. The van der Waals surface area contributed by atoms with E-state index in [1.54, 1.807) is 67.3 Å². The number of nitriles is 1. The van der Waals surface area contributed by atoms with Gasteiger partial charge in [-0.1, -0.05) is 84.9 Å². The smallest absolute Gasteiger partial charge is 0.261 e. The van der Waals surface area contributed by atoms with Crippen LogP contribution in [0.15, 0.2) is 146 Å². The lowest BCUT2D eigenvalue weighted by molar-refractivity contribution is -0.0955. The van der Waals surface area contributed by atoms with Gasteiger partial charge in [0.1, 0.15) is 41.7 Å². The van der Waals surface area contributed by atoms with Crippen molar-refractivity contribution in [3.05, 3.63) is 179 Å². The van der Waals surface area contributed by atoms with Crippen molar-refractivity contribution in [3.63, 3.8) is 0 Å². The van der Waals surface area contributed by atoms with Crippen molar-refractivity contribution in [3.8, 4) is 17.6 Å². The number of benzene rings is 5. The maximum Gasteiger partial charge on any atom is 0.261 e. The van der Waals surface area contributed by atoms with Crippen LogP contribution in [0.4, 0.5) is 5.82 Å². The number of nitrogens with zero attached hydrogens (tertiary/aromatic N) is 7. The number of hydrogen-bond acceptors (Lipinski definition) is 15. The average molecular weight is 1050 g/mol. The summed E-state index contributed by atoms with van der Waals surface area (Å²) in [5, 5.41) is 12.6. The molecule has 0 radical (unpaired) electrons. The Labute approximate surface area is 442 Å². The summed E-state index contributed by atoms with van der Waals surface area (Å²) in [4.78, 5) is 55.9. The van der Waals surface area contributed by atoms with E-state index in [4.69, 9.17) is 37.7 Å². The van der Waals surface area contributed by atoms with Crippen molar-refractivity contribution in [2.45, 2.75) is 76.3 Å². The first-order chi connectivity index (χ1) is 37.0. The second-order valence-electron chi connectivity index (χ2n) is 18.5. The Hall–Kier alpha value is -7.46. The van der Waals surface area contributed by atoms with Gasteiger partial charge in [-0.3, -0.25) is 23.9 Å². The predicted molar refractivity (Wildman–Crippen MR) is 284 cm³/mol. The van der Waals surface area contributed by atoms with Crippen LogP contribution in [0.1, 0.15) is 88.1 Å². The third-order valence-corrected chi connectivity index (χ3v) is 15.3. The van der Waals surface area contributed by atoms with Gasteiger partial charge in [0, 0.05) is 17.6 Å². The van der Waals surface area contributed by atoms with Crippen molar-refractivity contribution in [1.82, 2.24) is 29.1 Å². The SMILES string of the molecule is COc1ccc(C(OC[C@H]2O[C@@H](n3cnc4c(NC(=O)c5ccccc5)ncnc43)[C@H](OCCN3C(=O)c4ccccc4C3=O)[C@@H]2OP(OCCC#N)N(C(C)C)C(C)C)(c2ccccc2)c2ccc(OC)cc2)cc1. The van der Waals surface area contributed by atoms with Crippen LogP contribution in [-0.2, 0) is 28.9 Å². The topological polar surface area (TPSA) is 202 Å². The van der Waals surface area contributed by atoms with Gasteiger partial charge in [-0.25, -0.2) is 19.6 Å². The third-order valence-electron chi connectivity index (χ3n) is 13.2. The minimum atomic E-state index is -1.96. The second-order valence-corrected chi connectivity index (χ2v) is 19.9. The van der Waals surface area contributed by atoms with Gasteiger partial charge >= 0.3 is 0 Å². The van der Waals surface area contributed by atoms with E-state index in [0.29, 0.717) is 33.8 Å². The molecule has 0 aliphatic carbocycles. The first kappa shape index (κ1) is 53.4. The molecule has 0 spiro atoms. The maximum atomic E-state index is 13.7. The summed E-state index contributed by atoms with van der Waals surface area (Å²) >= 11 is 0. The second kappa shape index (κ2) is 24.0. The fraction of sp³-hybridized carbons (Fsp3) is 0.316. The van der Waals surface area contributed by atoms with Crippen LogP contribution in [0.2, 0.25) is 0 Å². The lowest BCUT2D eigenvalue weighted by Crippen LogP contribution is -2.43. The van der Waals surface area contributed by atoms with Gasteiger partial charge in [-0.05, 0) is 92.9 Å². The molecule has 7 aromatic rings. The molecular weight excluding hydrogens is 988 g/mol. The van der Waals surface area contributed by atoms with Crippen LogP contribution in [0.3, 0.4) is 0 Å². The van der Waals surface area contributed by atoms with Gasteiger partial charge in [0.15, 0.2) is 23.2 Å². The Kier molecular flexibility index (Phi) is 16.9. The van der Waals surface area contributed by atoms with Crippen molar-refractivity contribution >= 4 is 43.2 Å². The van der Waals surface area contributed by atoms with Gasteiger partial charge in [-0.15, -0.1) is 0 Å². The first-order valence-corrected chi connectivity index (χ1v) is 26.1. The summed E-state index contributed by atoms with van der Waals surface area (Å²) in [5.74, 6) is 0.211. The number of aromatic nitrogens is 4. The van der Waals surface area contributed by atoms with Crippen molar-refractivity contribution in [2.75, 3.05) is 45.9 Å². The number of imidazole rings is 1. The van der Waals surface area contributed by atoms with Gasteiger partial charge in [0.2, 0.25) is 0 Å². The third kappa shape index (κ3) is 11.0. The largest absolute Gasteiger partial charge is 0.497 e. The van der Waals surface area contributed by atoms with E-state index in [2.05, 4.69) is 26.0 Å². The molecule has 9 rings (SSSR count). The summed E-state index contributed by atoms with van der Waals surface area (Å²) in [6.45, 7) is 7.88. The zero-order valence-electron chi connectivity index (χ0n) is 43.0. The Balaban J connectivity index is 1.17. The molecule has 2 aliphatic rings. The van der Waals surface area contributed by atoms with Crippen molar-refractivity contribution < 1.29 is 47.1 Å². The van der Waals surface area contributed by atoms with Crippen LogP contribution in [0.25, 0.3) is 11.2 Å². The van der Waals surface area contributed by atoms with E-state index in [9.17, 15) is 19.6 Å². The Morgan fingerprint density at radius 2 is 1.34 bits per heavy atom. The molecule has 18 nitrogen and oxygen atoms in total. The molecule has 3 amide bonds. The predicted octanol–water partition coefficient (Wildman–Crippen LogP) is 9.34. The van der Waals surface area contributed by atoms with E-state index in [0.717, 1.165) is 16.7 Å². The fourth-order valence-electron chi connectivity index (χ4n) is 9.67.